The molecule has 0 aliphatic carbocycles. The van der Waals surface area contributed by atoms with Crippen LogP contribution in [0.3, 0.4) is 0 Å². The summed E-state index contributed by atoms with van der Waals surface area (Å²) in [4.78, 5) is 26.1. The van der Waals surface area contributed by atoms with Crippen LogP contribution in [0, 0.1) is 5.92 Å². The van der Waals surface area contributed by atoms with Crippen LogP contribution < -0.4 is 0 Å². The molecule has 27 heavy (non-hydrogen) atoms. The minimum atomic E-state index is 0.209. The van der Waals surface area contributed by atoms with E-state index in [0.717, 1.165) is 44.8 Å². The Bertz CT molecular complexity index is 767. The van der Waals surface area contributed by atoms with Gasteiger partial charge in [0, 0.05) is 51.0 Å². The predicted octanol–water partition coefficient (Wildman–Crippen LogP) is 1.98. The highest BCUT2D eigenvalue weighted by atomic mass is 32.2. The van der Waals surface area contributed by atoms with Crippen LogP contribution in [0.15, 0.2) is 29.7 Å². The maximum absolute atomic E-state index is 12.9. The number of piperidine rings is 1. The summed E-state index contributed by atoms with van der Waals surface area (Å²) in [5.41, 5.74) is 1.24. The Balaban J connectivity index is 1.36. The largest absolute Gasteiger partial charge is 0.337 e. The first kappa shape index (κ1) is 18.4. The number of pyridine rings is 1. The van der Waals surface area contributed by atoms with E-state index in [4.69, 9.17) is 0 Å². The number of amides is 1. The van der Waals surface area contributed by atoms with E-state index in [-0.39, 0.29) is 5.91 Å². The van der Waals surface area contributed by atoms with Crippen molar-refractivity contribution in [1.29, 1.82) is 0 Å². The number of nitrogens with zero attached hydrogens (tertiary/aromatic N) is 5. The van der Waals surface area contributed by atoms with Crippen molar-refractivity contribution in [3.8, 4) is 0 Å². The zero-order chi connectivity index (χ0) is 18.6. The highest BCUT2D eigenvalue weighted by molar-refractivity contribution is 7.99. The van der Waals surface area contributed by atoms with Crippen LogP contribution in [0.4, 0.5) is 0 Å². The molecule has 3 aliphatic rings. The number of aryl methyl sites for hydroxylation is 1. The molecule has 3 aliphatic heterocycles. The number of rotatable bonds is 6. The summed E-state index contributed by atoms with van der Waals surface area (Å²) < 4.78 is 0. The number of hydrogen-bond acceptors (Lipinski definition) is 6. The highest BCUT2D eigenvalue weighted by Crippen LogP contribution is 2.29. The molecule has 0 spiro atoms. The number of carbonyl (C=O) groups excluding carboxylic acids is 1. The van der Waals surface area contributed by atoms with Crippen LogP contribution in [0.5, 0.6) is 0 Å². The lowest BCUT2D eigenvalue weighted by Gasteiger charge is -2.36. The third-order valence-corrected chi connectivity index (χ3v) is 6.24. The second-order valence-electron chi connectivity index (χ2n) is 7.41. The number of thioether (sulfide) groups is 1. The van der Waals surface area contributed by atoms with E-state index in [1.54, 1.807) is 0 Å². The van der Waals surface area contributed by atoms with Gasteiger partial charge in [-0.05, 0) is 30.4 Å². The van der Waals surface area contributed by atoms with Gasteiger partial charge in [0.25, 0.3) is 0 Å². The van der Waals surface area contributed by atoms with Crippen molar-refractivity contribution >= 4 is 17.7 Å². The van der Waals surface area contributed by atoms with Crippen LogP contribution in [-0.2, 0) is 17.8 Å². The summed E-state index contributed by atoms with van der Waals surface area (Å²) >= 11 is 1.43. The lowest BCUT2D eigenvalue weighted by atomic mass is 9.95. The molecule has 0 aromatic carbocycles. The molecule has 2 aromatic heterocycles. The first-order valence-electron chi connectivity index (χ1n) is 9.66. The number of aromatic amines is 1. The Hall–Kier alpha value is -1.93. The van der Waals surface area contributed by atoms with Gasteiger partial charge in [-0.15, -0.1) is 5.10 Å². The van der Waals surface area contributed by atoms with Crippen LogP contribution in [0.2, 0.25) is 0 Å². The van der Waals surface area contributed by atoms with E-state index < -0.39 is 0 Å². The zero-order valence-electron chi connectivity index (χ0n) is 15.7. The number of nitrogens with one attached hydrogen (secondary N) is 1. The summed E-state index contributed by atoms with van der Waals surface area (Å²) in [6, 6.07) is 4.43. The molecule has 2 unspecified atom stereocenters. The van der Waals surface area contributed by atoms with Gasteiger partial charge in [-0.3, -0.25) is 19.8 Å². The first-order valence-corrected chi connectivity index (χ1v) is 10.6. The Morgan fingerprint density at radius 1 is 1.33 bits per heavy atom. The Morgan fingerprint density at radius 3 is 3.04 bits per heavy atom. The normalized spacial score (nSPS) is 22.8. The Kier molecular flexibility index (Phi) is 5.73. The number of aromatic nitrogens is 4. The van der Waals surface area contributed by atoms with Crippen molar-refractivity contribution in [3.05, 3.63) is 35.9 Å². The van der Waals surface area contributed by atoms with Gasteiger partial charge in [0.1, 0.15) is 5.82 Å². The van der Waals surface area contributed by atoms with E-state index in [9.17, 15) is 4.79 Å². The Morgan fingerprint density at radius 2 is 2.26 bits per heavy atom. The SMILES string of the molecule is CCc1nc(SCC(=O)N2CC3CCC2CN(Cc2cccnc2)C3)n[nH]1. The van der Waals surface area contributed by atoms with E-state index in [2.05, 4.69) is 36.0 Å². The summed E-state index contributed by atoms with van der Waals surface area (Å²) in [7, 11) is 0. The van der Waals surface area contributed by atoms with Gasteiger partial charge in [-0.1, -0.05) is 24.8 Å². The van der Waals surface area contributed by atoms with E-state index in [1.807, 2.05) is 25.4 Å². The van der Waals surface area contributed by atoms with Gasteiger partial charge >= 0.3 is 0 Å². The lowest BCUT2D eigenvalue weighted by molar-refractivity contribution is -0.132. The molecule has 0 saturated carbocycles. The third kappa shape index (κ3) is 4.50. The maximum atomic E-state index is 12.9. The monoisotopic (exact) mass is 386 g/mol. The summed E-state index contributed by atoms with van der Waals surface area (Å²) in [6.45, 7) is 5.83. The van der Waals surface area contributed by atoms with Crippen molar-refractivity contribution < 1.29 is 4.79 Å². The number of H-pyrrole nitrogens is 1. The fourth-order valence-corrected chi connectivity index (χ4v) is 4.78. The lowest BCUT2D eigenvalue weighted by Crippen LogP contribution is -2.48. The van der Waals surface area contributed by atoms with Gasteiger partial charge in [-0.2, -0.15) is 0 Å². The van der Waals surface area contributed by atoms with Crippen molar-refractivity contribution in [2.75, 3.05) is 25.4 Å². The van der Waals surface area contributed by atoms with Crippen molar-refractivity contribution in [1.82, 2.24) is 30.0 Å². The fraction of sp³-hybridized carbons (Fsp3) is 0.579. The predicted molar refractivity (Wildman–Crippen MR) is 104 cm³/mol. The quantitative estimate of drug-likeness (QED) is 0.765. The molecule has 2 bridgehead atoms. The third-order valence-electron chi connectivity index (χ3n) is 5.41. The van der Waals surface area contributed by atoms with Gasteiger partial charge in [0.05, 0.1) is 5.75 Å². The standard InChI is InChI=1S/C19H26N6OS/c1-2-17-21-19(23-22-17)27-13-18(26)25-11-15-5-6-16(25)12-24(10-15)9-14-4-3-7-20-8-14/h3-4,7-8,15-16H,2,5-6,9-13H2,1H3,(H,21,22,23). The Labute approximate surface area is 163 Å². The zero-order valence-corrected chi connectivity index (χ0v) is 16.5. The minimum absolute atomic E-state index is 0.209. The molecule has 3 fully saturated rings. The van der Waals surface area contributed by atoms with Crippen molar-refractivity contribution in [2.45, 2.75) is 43.9 Å². The molecule has 5 rings (SSSR count). The molecule has 0 radical (unpaired) electrons. The van der Waals surface area contributed by atoms with Crippen LogP contribution in [0.25, 0.3) is 0 Å². The molecule has 144 valence electrons. The molecule has 8 heteroatoms. The average molecular weight is 387 g/mol. The first-order chi connectivity index (χ1) is 13.2. The highest BCUT2D eigenvalue weighted by Gasteiger charge is 2.37. The summed E-state index contributed by atoms with van der Waals surface area (Å²) in [6.07, 6.45) is 6.89. The molecule has 3 saturated heterocycles. The van der Waals surface area contributed by atoms with Crippen molar-refractivity contribution in [3.63, 3.8) is 0 Å². The smallest absolute Gasteiger partial charge is 0.233 e. The number of carbonyl (C=O) groups is 1. The summed E-state index contributed by atoms with van der Waals surface area (Å²) in [5.74, 6) is 2.04. The van der Waals surface area contributed by atoms with Gasteiger partial charge in [0.2, 0.25) is 11.1 Å². The molecule has 2 aromatic rings. The molecule has 5 heterocycles. The van der Waals surface area contributed by atoms with Crippen molar-refractivity contribution in [2.24, 2.45) is 5.92 Å². The van der Waals surface area contributed by atoms with Gasteiger partial charge in [-0.25, -0.2) is 4.98 Å². The number of hydrogen-bond donors (Lipinski definition) is 1. The average Bonchev–Trinajstić information content (AvgIpc) is 2.99. The molecular formula is C19H26N6OS. The van der Waals surface area contributed by atoms with Gasteiger partial charge < -0.3 is 4.90 Å². The van der Waals surface area contributed by atoms with Crippen LogP contribution in [0.1, 0.15) is 31.2 Å². The fourth-order valence-electron chi connectivity index (χ4n) is 4.07. The molecule has 7 nitrogen and oxygen atoms in total. The molecule has 1 N–H and O–H groups in total. The number of fused-ring (bicyclic) bond motifs is 4. The van der Waals surface area contributed by atoms with Crippen LogP contribution >= 0.6 is 11.8 Å². The molecule has 1 amide bonds. The van der Waals surface area contributed by atoms with Gasteiger partial charge in [0.15, 0.2) is 0 Å². The van der Waals surface area contributed by atoms with Crippen LogP contribution in [-0.4, -0.2) is 67.3 Å². The maximum Gasteiger partial charge on any atom is 0.233 e. The van der Waals surface area contributed by atoms with E-state index in [0.29, 0.717) is 22.9 Å². The second-order valence-corrected chi connectivity index (χ2v) is 8.35. The van der Waals surface area contributed by atoms with E-state index in [1.165, 1.54) is 23.7 Å². The molecule has 2 atom stereocenters. The second kappa shape index (κ2) is 8.39. The summed E-state index contributed by atoms with van der Waals surface area (Å²) in [5, 5.41) is 7.74. The van der Waals surface area contributed by atoms with E-state index >= 15 is 0 Å². The minimum Gasteiger partial charge on any atom is -0.337 e. The molecular weight excluding hydrogens is 360 g/mol. The topological polar surface area (TPSA) is 78.0 Å².